The van der Waals surface area contributed by atoms with E-state index >= 15 is 0 Å². The molecule has 20 heavy (non-hydrogen) atoms. The van der Waals surface area contributed by atoms with Gasteiger partial charge in [0, 0.05) is 31.2 Å². The SMILES string of the molecule is CC1OCCC1CNc1nc2ccc([N+](=O)[O-])cc2[nH]1. The first-order chi connectivity index (χ1) is 9.63. The Hall–Kier alpha value is -2.15. The second-order valence-electron chi connectivity index (χ2n) is 5.05. The Morgan fingerprint density at radius 2 is 2.45 bits per heavy atom. The number of nitrogens with zero attached hydrogens (tertiary/aromatic N) is 2. The smallest absolute Gasteiger partial charge is 0.271 e. The number of anilines is 1. The monoisotopic (exact) mass is 276 g/mol. The molecule has 1 fully saturated rings. The van der Waals surface area contributed by atoms with Crippen LogP contribution in [0, 0.1) is 16.0 Å². The highest BCUT2D eigenvalue weighted by molar-refractivity contribution is 5.79. The standard InChI is InChI=1S/C13H16N4O3/c1-8-9(4-5-20-8)7-14-13-15-11-3-2-10(17(18)19)6-12(11)16-13/h2-3,6,8-9H,4-5,7H2,1H3,(H2,14,15,16). The molecule has 0 spiro atoms. The van der Waals surface area contributed by atoms with Crippen LogP contribution in [-0.2, 0) is 4.74 Å². The summed E-state index contributed by atoms with van der Waals surface area (Å²) in [5.41, 5.74) is 1.44. The number of benzene rings is 1. The topological polar surface area (TPSA) is 93.1 Å². The molecule has 0 aliphatic carbocycles. The number of H-pyrrole nitrogens is 1. The first-order valence-corrected chi connectivity index (χ1v) is 6.63. The molecule has 1 saturated heterocycles. The quantitative estimate of drug-likeness (QED) is 0.660. The Labute approximate surface area is 115 Å². The van der Waals surface area contributed by atoms with Crippen molar-refractivity contribution >= 4 is 22.7 Å². The van der Waals surface area contributed by atoms with Crippen molar-refractivity contribution in [1.82, 2.24) is 9.97 Å². The second kappa shape index (κ2) is 5.09. The van der Waals surface area contributed by atoms with Crippen molar-refractivity contribution in [3.05, 3.63) is 28.3 Å². The highest BCUT2D eigenvalue weighted by Crippen LogP contribution is 2.23. The van der Waals surface area contributed by atoms with Gasteiger partial charge in [-0.3, -0.25) is 10.1 Å². The molecule has 2 heterocycles. The van der Waals surface area contributed by atoms with E-state index in [1.54, 1.807) is 6.07 Å². The Bertz CT molecular complexity index is 640. The van der Waals surface area contributed by atoms with Gasteiger partial charge in [-0.05, 0) is 19.4 Å². The third-order valence-electron chi connectivity index (χ3n) is 3.74. The number of ether oxygens (including phenoxy) is 1. The van der Waals surface area contributed by atoms with Crippen molar-refractivity contribution in [3.63, 3.8) is 0 Å². The molecular weight excluding hydrogens is 260 g/mol. The highest BCUT2D eigenvalue weighted by atomic mass is 16.6. The molecule has 0 bridgehead atoms. The van der Waals surface area contributed by atoms with Gasteiger partial charge in [-0.2, -0.15) is 0 Å². The largest absolute Gasteiger partial charge is 0.378 e. The Kier molecular flexibility index (Phi) is 3.27. The predicted octanol–water partition coefficient (Wildman–Crippen LogP) is 2.31. The Morgan fingerprint density at radius 3 is 3.15 bits per heavy atom. The summed E-state index contributed by atoms with van der Waals surface area (Å²) >= 11 is 0. The maximum Gasteiger partial charge on any atom is 0.271 e. The van der Waals surface area contributed by atoms with E-state index in [4.69, 9.17) is 4.74 Å². The average molecular weight is 276 g/mol. The van der Waals surface area contributed by atoms with Gasteiger partial charge < -0.3 is 15.0 Å². The minimum absolute atomic E-state index is 0.0607. The number of nitrogens with one attached hydrogen (secondary N) is 2. The number of nitro groups is 1. The van der Waals surface area contributed by atoms with Crippen LogP contribution in [0.3, 0.4) is 0 Å². The molecule has 7 heteroatoms. The Balaban J connectivity index is 1.74. The van der Waals surface area contributed by atoms with Gasteiger partial charge in [0.15, 0.2) is 0 Å². The fraction of sp³-hybridized carbons (Fsp3) is 0.462. The van der Waals surface area contributed by atoms with E-state index in [1.807, 2.05) is 0 Å². The summed E-state index contributed by atoms with van der Waals surface area (Å²) < 4.78 is 5.51. The third-order valence-corrected chi connectivity index (χ3v) is 3.74. The number of nitro benzene ring substituents is 1. The molecule has 2 aromatic rings. The van der Waals surface area contributed by atoms with Crippen molar-refractivity contribution < 1.29 is 9.66 Å². The number of aromatic amines is 1. The van der Waals surface area contributed by atoms with Crippen LogP contribution in [0.5, 0.6) is 0 Å². The van der Waals surface area contributed by atoms with Gasteiger partial charge in [-0.25, -0.2) is 4.98 Å². The van der Waals surface area contributed by atoms with Crippen LogP contribution in [0.15, 0.2) is 18.2 Å². The number of fused-ring (bicyclic) bond motifs is 1. The summed E-state index contributed by atoms with van der Waals surface area (Å²) in [5, 5.41) is 14.0. The zero-order chi connectivity index (χ0) is 14.1. The van der Waals surface area contributed by atoms with Crippen molar-refractivity contribution in [2.24, 2.45) is 5.92 Å². The van der Waals surface area contributed by atoms with Gasteiger partial charge in [-0.15, -0.1) is 0 Å². The molecule has 3 rings (SSSR count). The van der Waals surface area contributed by atoms with E-state index in [2.05, 4.69) is 22.2 Å². The number of hydrogen-bond acceptors (Lipinski definition) is 5. The van der Waals surface area contributed by atoms with E-state index in [-0.39, 0.29) is 11.8 Å². The fourth-order valence-electron chi connectivity index (χ4n) is 2.47. The second-order valence-corrected chi connectivity index (χ2v) is 5.05. The van der Waals surface area contributed by atoms with Crippen LogP contribution in [-0.4, -0.2) is 34.1 Å². The average Bonchev–Trinajstić information content (AvgIpc) is 3.00. The zero-order valence-electron chi connectivity index (χ0n) is 11.1. The number of aromatic nitrogens is 2. The molecule has 0 amide bonds. The van der Waals surface area contributed by atoms with Crippen molar-refractivity contribution in [2.45, 2.75) is 19.4 Å². The lowest BCUT2D eigenvalue weighted by Gasteiger charge is -2.13. The summed E-state index contributed by atoms with van der Waals surface area (Å²) in [4.78, 5) is 17.7. The van der Waals surface area contributed by atoms with Gasteiger partial charge in [0.05, 0.1) is 22.1 Å². The minimum Gasteiger partial charge on any atom is -0.378 e. The van der Waals surface area contributed by atoms with Crippen LogP contribution in [0.25, 0.3) is 11.0 Å². The maximum absolute atomic E-state index is 10.7. The van der Waals surface area contributed by atoms with Crippen molar-refractivity contribution in [3.8, 4) is 0 Å². The van der Waals surface area contributed by atoms with Gasteiger partial charge in [0.2, 0.25) is 5.95 Å². The normalized spacial score (nSPS) is 22.2. The van der Waals surface area contributed by atoms with Crippen molar-refractivity contribution in [1.29, 1.82) is 0 Å². The summed E-state index contributed by atoms with van der Waals surface area (Å²) in [5.74, 6) is 1.11. The van der Waals surface area contributed by atoms with Crippen LogP contribution in [0.4, 0.5) is 11.6 Å². The molecule has 0 radical (unpaired) electrons. The summed E-state index contributed by atoms with van der Waals surface area (Å²) in [6, 6.07) is 4.60. The molecule has 1 aromatic heterocycles. The zero-order valence-corrected chi connectivity index (χ0v) is 11.1. The Morgan fingerprint density at radius 1 is 1.60 bits per heavy atom. The summed E-state index contributed by atoms with van der Waals surface area (Å²) in [6.45, 7) is 3.66. The minimum atomic E-state index is -0.412. The molecule has 2 unspecified atom stereocenters. The van der Waals surface area contributed by atoms with E-state index < -0.39 is 4.92 Å². The van der Waals surface area contributed by atoms with Crippen LogP contribution >= 0.6 is 0 Å². The fourth-order valence-corrected chi connectivity index (χ4v) is 2.47. The van der Waals surface area contributed by atoms with Crippen LogP contribution in [0.2, 0.25) is 0 Å². The molecule has 1 aliphatic heterocycles. The molecule has 1 aliphatic rings. The number of rotatable bonds is 4. The lowest BCUT2D eigenvalue weighted by molar-refractivity contribution is -0.384. The molecule has 1 aromatic carbocycles. The summed E-state index contributed by atoms with van der Waals surface area (Å²) in [7, 11) is 0. The van der Waals surface area contributed by atoms with E-state index in [9.17, 15) is 10.1 Å². The van der Waals surface area contributed by atoms with Crippen LogP contribution in [0.1, 0.15) is 13.3 Å². The third kappa shape index (κ3) is 2.44. The van der Waals surface area contributed by atoms with Crippen molar-refractivity contribution in [2.75, 3.05) is 18.5 Å². The van der Waals surface area contributed by atoms with E-state index in [0.29, 0.717) is 22.9 Å². The molecule has 7 nitrogen and oxygen atoms in total. The number of imidazole rings is 1. The van der Waals surface area contributed by atoms with Gasteiger partial charge in [0.25, 0.3) is 5.69 Å². The lowest BCUT2D eigenvalue weighted by atomic mass is 10.0. The number of hydrogen-bond donors (Lipinski definition) is 2. The molecule has 0 saturated carbocycles. The molecule has 2 N–H and O–H groups in total. The van der Waals surface area contributed by atoms with Crippen LogP contribution < -0.4 is 5.32 Å². The molecule has 2 atom stereocenters. The molecule has 106 valence electrons. The predicted molar refractivity (Wildman–Crippen MR) is 74.8 cm³/mol. The van der Waals surface area contributed by atoms with Gasteiger partial charge in [0.1, 0.15) is 0 Å². The first kappa shape index (κ1) is 12.9. The van der Waals surface area contributed by atoms with E-state index in [1.165, 1.54) is 12.1 Å². The van der Waals surface area contributed by atoms with Gasteiger partial charge >= 0.3 is 0 Å². The van der Waals surface area contributed by atoms with E-state index in [0.717, 1.165) is 19.6 Å². The summed E-state index contributed by atoms with van der Waals surface area (Å²) in [6.07, 6.45) is 1.30. The van der Waals surface area contributed by atoms with Gasteiger partial charge in [-0.1, -0.05) is 0 Å². The first-order valence-electron chi connectivity index (χ1n) is 6.63. The molecular formula is C13H16N4O3. The lowest BCUT2D eigenvalue weighted by Crippen LogP contribution is -2.21. The highest BCUT2D eigenvalue weighted by Gasteiger charge is 2.24. The number of non-ortho nitro benzene ring substituents is 1. The maximum atomic E-state index is 10.7.